The number of nitrogens with one attached hydrogen (secondary N) is 1. The van der Waals surface area contributed by atoms with Gasteiger partial charge in [-0.2, -0.15) is 5.10 Å². The van der Waals surface area contributed by atoms with Crippen molar-refractivity contribution in [3.05, 3.63) is 76.6 Å². The van der Waals surface area contributed by atoms with E-state index in [4.69, 9.17) is 16.3 Å². The molecule has 28 heavy (non-hydrogen) atoms. The molecule has 0 aliphatic rings. The summed E-state index contributed by atoms with van der Waals surface area (Å²) in [4.78, 5) is 11.9. The Kier molecular flexibility index (Phi) is 5.84. The van der Waals surface area contributed by atoms with E-state index >= 15 is 0 Å². The molecule has 2 aromatic carbocycles. The van der Waals surface area contributed by atoms with E-state index in [0.29, 0.717) is 10.8 Å². The smallest absolute Gasteiger partial charge is 0.262 e. The Morgan fingerprint density at radius 2 is 1.82 bits per heavy atom. The van der Waals surface area contributed by atoms with Crippen LogP contribution < -0.4 is 10.1 Å². The normalized spacial score (nSPS) is 10.8. The third kappa shape index (κ3) is 4.61. The number of ether oxygens (including phenoxy) is 1. The molecule has 0 atom stereocenters. The largest absolute Gasteiger partial charge is 0.484 e. The van der Waals surface area contributed by atoms with Gasteiger partial charge in [-0.25, -0.2) is 17.6 Å². The highest BCUT2D eigenvalue weighted by Gasteiger charge is 2.19. The fourth-order valence-electron chi connectivity index (χ4n) is 2.30. The molecule has 1 aromatic heterocycles. The van der Waals surface area contributed by atoms with E-state index in [0.717, 1.165) is 4.68 Å². The Labute approximate surface area is 161 Å². The van der Waals surface area contributed by atoms with Gasteiger partial charge < -0.3 is 10.1 Å². The fraction of sp³-hybridized carbons (Fsp3) is 0.111. The number of halogens is 5. The third-order valence-electron chi connectivity index (χ3n) is 3.63. The molecule has 10 heteroatoms. The summed E-state index contributed by atoms with van der Waals surface area (Å²) in [6.45, 7) is -0.786. The molecule has 0 saturated carbocycles. The highest BCUT2D eigenvalue weighted by atomic mass is 35.5. The zero-order valence-electron chi connectivity index (χ0n) is 14.1. The zero-order chi connectivity index (χ0) is 20.3. The lowest BCUT2D eigenvalue weighted by Crippen LogP contribution is -2.19. The summed E-state index contributed by atoms with van der Waals surface area (Å²) in [6.07, 6.45) is 2.51. The average Bonchev–Trinajstić information content (AvgIpc) is 3.10. The van der Waals surface area contributed by atoms with Crippen molar-refractivity contribution in [2.75, 3.05) is 11.9 Å². The molecule has 3 rings (SSSR count). The summed E-state index contributed by atoms with van der Waals surface area (Å²) in [5.41, 5.74) is -0.459. The molecular formula is C18H12ClF4N3O2. The van der Waals surface area contributed by atoms with Crippen LogP contribution in [0.25, 0.3) is 0 Å². The predicted molar refractivity (Wildman–Crippen MR) is 93.2 cm³/mol. The number of hydrogen-bond acceptors (Lipinski definition) is 3. The van der Waals surface area contributed by atoms with Crippen molar-refractivity contribution in [2.45, 2.75) is 6.54 Å². The molecule has 0 aliphatic heterocycles. The molecule has 0 fully saturated rings. The first-order valence-corrected chi connectivity index (χ1v) is 8.24. The number of rotatable bonds is 6. The molecule has 0 radical (unpaired) electrons. The summed E-state index contributed by atoms with van der Waals surface area (Å²) in [5.74, 6) is -6.31. The number of anilines is 1. The van der Waals surface area contributed by atoms with Crippen LogP contribution in [0.3, 0.4) is 0 Å². The van der Waals surface area contributed by atoms with E-state index in [1.54, 1.807) is 24.3 Å². The van der Waals surface area contributed by atoms with E-state index in [1.807, 2.05) is 0 Å². The second-order valence-corrected chi connectivity index (χ2v) is 6.10. The van der Waals surface area contributed by atoms with E-state index in [1.165, 1.54) is 12.4 Å². The lowest BCUT2D eigenvalue weighted by atomic mass is 10.2. The maximum absolute atomic E-state index is 13.7. The van der Waals surface area contributed by atoms with Crippen LogP contribution in [0.2, 0.25) is 5.02 Å². The van der Waals surface area contributed by atoms with Gasteiger partial charge in [-0.1, -0.05) is 11.6 Å². The molecule has 0 aliphatic carbocycles. The summed E-state index contributed by atoms with van der Waals surface area (Å²) >= 11 is 5.75. The lowest BCUT2D eigenvalue weighted by molar-refractivity contribution is -0.118. The molecular weight excluding hydrogens is 402 g/mol. The van der Waals surface area contributed by atoms with Crippen LogP contribution in [0.4, 0.5) is 23.2 Å². The van der Waals surface area contributed by atoms with Crippen LogP contribution in [0.15, 0.2) is 42.7 Å². The maximum Gasteiger partial charge on any atom is 0.262 e. The van der Waals surface area contributed by atoms with Crippen molar-refractivity contribution >= 4 is 23.2 Å². The molecule has 0 spiro atoms. The highest BCUT2D eigenvalue weighted by Crippen LogP contribution is 2.20. The summed E-state index contributed by atoms with van der Waals surface area (Å²) in [5, 5.41) is 6.83. The number of amides is 1. The van der Waals surface area contributed by atoms with Crippen LogP contribution in [0.1, 0.15) is 5.56 Å². The van der Waals surface area contributed by atoms with Gasteiger partial charge in [0.25, 0.3) is 5.91 Å². The highest BCUT2D eigenvalue weighted by molar-refractivity contribution is 6.30. The summed E-state index contributed by atoms with van der Waals surface area (Å²) < 4.78 is 60.0. The van der Waals surface area contributed by atoms with Gasteiger partial charge in [-0.3, -0.25) is 9.48 Å². The average molecular weight is 414 g/mol. The molecule has 146 valence electrons. The minimum absolute atomic E-state index is 0.230. The van der Waals surface area contributed by atoms with Gasteiger partial charge >= 0.3 is 0 Å². The van der Waals surface area contributed by atoms with Crippen molar-refractivity contribution < 1.29 is 27.1 Å². The van der Waals surface area contributed by atoms with E-state index in [9.17, 15) is 22.4 Å². The minimum Gasteiger partial charge on any atom is -0.484 e. The topological polar surface area (TPSA) is 56.1 Å². The number of carbonyl (C=O) groups excluding carboxylic acids is 1. The van der Waals surface area contributed by atoms with Crippen LogP contribution in [-0.2, 0) is 11.3 Å². The van der Waals surface area contributed by atoms with E-state index in [2.05, 4.69) is 10.4 Å². The first kappa shape index (κ1) is 19.7. The second-order valence-electron chi connectivity index (χ2n) is 5.66. The summed E-state index contributed by atoms with van der Waals surface area (Å²) in [7, 11) is 0. The number of aromatic nitrogens is 2. The Morgan fingerprint density at radius 1 is 1.11 bits per heavy atom. The minimum atomic E-state index is -1.77. The standard InChI is InChI=1S/C18H12ClF4N3O2/c19-10-1-3-12(4-2-10)28-9-16(27)25-11-6-24-26(7-11)8-13-14(20)5-15(21)18(23)17(13)22/h1-7H,8-9H2,(H,25,27). The number of benzene rings is 2. The first-order valence-electron chi connectivity index (χ1n) is 7.86. The van der Waals surface area contributed by atoms with Crippen LogP contribution in [0, 0.1) is 23.3 Å². The quantitative estimate of drug-likeness (QED) is 0.375. The predicted octanol–water partition coefficient (Wildman–Crippen LogP) is 4.16. The van der Waals surface area contributed by atoms with Crippen molar-refractivity contribution in [2.24, 2.45) is 0 Å². The van der Waals surface area contributed by atoms with Crippen molar-refractivity contribution in [1.29, 1.82) is 0 Å². The number of hydrogen-bond donors (Lipinski definition) is 1. The molecule has 1 heterocycles. The Balaban J connectivity index is 1.60. The van der Waals surface area contributed by atoms with Gasteiger partial charge in [-0.15, -0.1) is 0 Å². The van der Waals surface area contributed by atoms with Crippen LogP contribution in [0.5, 0.6) is 5.75 Å². The summed E-state index contributed by atoms with van der Waals surface area (Å²) in [6, 6.07) is 6.66. The third-order valence-corrected chi connectivity index (χ3v) is 3.88. The zero-order valence-corrected chi connectivity index (χ0v) is 14.8. The Bertz CT molecular complexity index is 1010. The van der Waals surface area contributed by atoms with Gasteiger partial charge in [0.1, 0.15) is 11.6 Å². The van der Waals surface area contributed by atoms with Crippen LogP contribution in [-0.4, -0.2) is 22.3 Å². The monoisotopic (exact) mass is 413 g/mol. The number of nitrogens with zero attached hydrogens (tertiary/aromatic N) is 2. The molecule has 3 aromatic rings. The Morgan fingerprint density at radius 3 is 2.54 bits per heavy atom. The Hall–Kier alpha value is -3.07. The fourth-order valence-corrected chi connectivity index (χ4v) is 2.43. The SMILES string of the molecule is O=C(COc1ccc(Cl)cc1)Nc1cnn(Cc2c(F)cc(F)c(F)c2F)c1. The molecule has 5 nitrogen and oxygen atoms in total. The van der Waals surface area contributed by atoms with Crippen molar-refractivity contribution in [3.63, 3.8) is 0 Å². The molecule has 1 amide bonds. The molecule has 1 N–H and O–H groups in total. The maximum atomic E-state index is 13.7. The van der Waals surface area contributed by atoms with Gasteiger partial charge in [0.15, 0.2) is 24.1 Å². The second kappa shape index (κ2) is 8.30. The van der Waals surface area contributed by atoms with Crippen molar-refractivity contribution in [3.8, 4) is 5.75 Å². The number of carbonyl (C=O) groups is 1. The molecule has 0 unspecified atom stereocenters. The van der Waals surface area contributed by atoms with Crippen LogP contribution >= 0.6 is 11.6 Å². The van der Waals surface area contributed by atoms with Gasteiger partial charge in [0.05, 0.1) is 18.4 Å². The van der Waals surface area contributed by atoms with Gasteiger partial charge in [0, 0.05) is 22.8 Å². The van der Waals surface area contributed by atoms with Gasteiger partial charge in [0.2, 0.25) is 0 Å². The van der Waals surface area contributed by atoms with Crippen molar-refractivity contribution in [1.82, 2.24) is 9.78 Å². The van der Waals surface area contributed by atoms with E-state index in [-0.39, 0.29) is 18.4 Å². The molecule has 0 bridgehead atoms. The van der Waals surface area contributed by atoms with E-state index < -0.39 is 41.3 Å². The van der Waals surface area contributed by atoms with Gasteiger partial charge in [-0.05, 0) is 24.3 Å². The first-order chi connectivity index (χ1) is 13.3. The molecule has 0 saturated heterocycles. The lowest BCUT2D eigenvalue weighted by Gasteiger charge is -2.07.